The number of aryl methyl sites for hydroxylation is 1. The molecule has 1 aromatic rings. The van der Waals surface area contributed by atoms with E-state index >= 15 is 0 Å². The topological polar surface area (TPSA) is 32.6 Å². The number of nitrogens with zero attached hydrogens (tertiary/aromatic N) is 1. The van der Waals surface area contributed by atoms with Crippen molar-refractivity contribution in [1.29, 1.82) is 0 Å². The quantitative estimate of drug-likeness (QED) is 0.695. The van der Waals surface area contributed by atoms with Crippen molar-refractivity contribution in [1.82, 2.24) is 0 Å². The van der Waals surface area contributed by atoms with Gasteiger partial charge in [-0.15, -0.1) is 0 Å². The van der Waals surface area contributed by atoms with Crippen LogP contribution >= 0.6 is 0 Å². The second-order valence-corrected chi connectivity index (χ2v) is 3.85. The molecule has 2 heteroatoms. The van der Waals surface area contributed by atoms with Gasteiger partial charge < -0.3 is 5.11 Å². The molecule has 1 aliphatic heterocycles. The molecule has 1 aromatic carbocycles. The van der Waals surface area contributed by atoms with E-state index in [1.165, 1.54) is 5.56 Å². The Morgan fingerprint density at radius 2 is 2.23 bits per heavy atom. The molecule has 0 radical (unpaired) electrons. The van der Waals surface area contributed by atoms with E-state index in [0.717, 1.165) is 11.3 Å². The summed E-state index contributed by atoms with van der Waals surface area (Å²) >= 11 is 0. The zero-order valence-corrected chi connectivity index (χ0v) is 7.91. The van der Waals surface area contributed by atoms with Gasteiger partial charge >= 0.3 is 0 Å². The van der Waals surface area contributed by atoms with Gasteiger partial charge in [0.05, 0.1) is 17.7 Å². The number of aliphatic imine (C=N–C) groups is 1. The molecular weight excluding hydrogens is 162 g/mol. The normalized spacial score (nSPS) is 24.8. The fourth-order valence-electron chi connectivity index (χ4n) is 1.64. The Bertz CT molecular complexity index is 370. The second-order valence-electron chi connectivity index (χ2n) is 3.85. The Labute approximate surface area is 77.9 Å². The van der Waals surface area contributed by atoms with Crippen LogP contribution < -0.4 is 0 Å². The third kappa shape index (κ3) is 1.18. The maximum Gasteiger partial charge on any atom is 0.0670 e. The minimum Gasteiger partial charge on any atom is -0.395 e. The Kier molecular flexibility index (Phi) is 1.74. The number of aliphatic hydroxyl groups is 1. The van der Waals surface area contributed by atoms with Crippen molar-refractivity contribution >= 4 is 11.9 Å². The summed E-state index contributed by atoms with van der Waals surface area (Å²) in [6.45, 7) is 4.16. The zero-order chi connectivity index (χ0) is 9.47. The molecule has 68 valence electrons. The first kappa shape index (κ1) is 8.45. The van der Waals surface area contributed by atoms with Crippen molar-refractivity contribution < 1.29 is 5.11 Å². The Hall–Kier alpha value is -1.15. The summed E-state index contributed by atoms with van der Waals surface area (Å²) in [5, 5.41) is 9.25. The molecule has 0 aromatic heterocycles. The zero-order valence-electron chi connectivity index (χ0n) is 7.91. The van der Waals surface area contributed by atoms with Gasteiger partial charge in [0.25, 0.3) is 0 Å². The molecule has 13 heavy (non-hydrogen) atoms. The molecule has 0 saturated carbocycles. The Morgan fingerprint density at radius 3 is 2.92 bits per heavy atom. The molecule has 2 rings (SSSR count). The first-order valence-electron chi connectivity index (χ1n) is 4.43. The maximum absolute atomic E-state index is 9.25. The van der Waals surface area contributed by atoms with Gasteiger partial charge in [-0.2, -0.15) is 0 Å². The second kappa shape index (κ2) is 2.67. The van der Waals surface area contributed by atoms with E-state index < -0.39 is 0 Å². The number of aliphatic hydroxyl groups excluding tert-OH is 1. The molecule has 0 aliphatic carbocycles. The highest BCUT2D eigenvalue weighted by molar-refractivity contribution is 5.85. The first-order valence-corrected chi connectivity index (χ1v) is 4.43. The van der Waals surface area contributed by atoms with Crippen LogP contribution in [0.4, 0.5) is 5.69 Å². The molecule has 0 amide bonds. The van der Waals surface area contributed by atoms with Crippen molar-refractivity contribution in [2.24, 2.45) is 4.99 Å². The molecule has 1 heterocycles. The first-order chi connectivity index (χ1) is 6.15. The largest absolute Gasteiger partial charge is 0.395 e. The van der Waals surface area contributed by atoms with Crippen LogP contribution in [0.15, 0.2) is 23.2 Å². The van der Waals surface area contributed by atoms with E-state index in [2.05, 4.69) is 11.1 Å². The summed E-state index contributed by atoms with van der Waals surface area (Å²) in [6.07, 6.45) is 1.83. The van der Waals surface area contributed by atoms with E-state index in [0.29, 0.717) is 0 Å². The highest BCUT2D eigenvalue weighted by Crippen LogP contribution is 2.36. The predicted octanol–water partition coefficient (Wildman–Crippen LogP) is 1.96. The van der Waals surface area contributed by atoms with Crippen molar-refractivity contribution in [3.05, 3.63) is 29.3 Å². The Morgan fingerprint density at radius 1 is 1.46 bits per heavy atom. The van der Waals surface area contributed by atoms with Gasteiger partial charge in [-0.25, -0.2) is 0 Å². The standard InChI is InChI=1S/C11H13NO/c1-8-3-4-9-10(5-8)12-6-11(9,2)7-13/h3-6,13H,7H2,1-2H3. The Balaban J connectivity index is 2.55. The van der Waals surface area contributed by atoms with Crippen molar-refractivity contribution in [3.8, 4) is 0 Å². The van der Waals surface area contributed by atoms with Crippen molar-refractivity contribution in [3.63, 3.8) is 0 Å². The molecule has 1 N–H and O–H groups in total. The lowest BCUT2D eigenvalue weighted by atomic mass is 9.85. The molecule has 0 bridgehead atoms. The number of fused-ring (bicyclic) bond motifs is 1. The molecule has 0 spiro atoms. The highest BCUT2D eigenvalue weighted by Gasteiger charge is 2.30. The third-order valence-corrected chi connectivity index (χ3v) is 2.59. The van der Waals surface area contributed by atoms with Gasteiger partial charge in [0, 0.05) is 6.21 Å². The third-order valence-electron chi connectivity index (χ3n) is 2.59. The molecule has 0 fully saturated rings. The SMILES string of the molecule is Cc1ccc2c(c1)N=CC2(C)CO. The van der Waals surface area contributed by atoms with Gasteiger partial charge in [0.1, 0.15) is 0 Å². The average Bonchev–Trinajstić information content (AvgIpc) is 2.45. The highest BCUT2D eigenvalue weighted by atomic mass is 16.3. The minimum atomic E-state index is -0.275. The van der Waals surface area contributed by atoms with Crippen LogP contribution in [0, 0.1) is 6.92 Å². The van der Waals surface area contributed by atoms with Crippen LogP contribution in [0.25, 0.3) is 0 Å². The lowest BCUT2D eigenvalue weighted by molar-refractivity contribution is 0.251. The van der Waals surface area contributed by atoms with Gasteiger partial charge in [-0.05, 0) is 31.0 Å². The van der Waals surface area contributed by atoms with E-state index in [-0.39, 0.29) is 12.0 Å². The molecule has 2 nitrogen and oxygen atoms in total. The summed E-state index contributed by atoms with van der Waals surface area (Å²) in [7, 11) is 0. The van der Waals surface area contributed by atoms with Gasteiger partial charge in [-0.3, -0.25) is 4.99 Å². The van der Waals surface area contributed by atoms with Crippen LogP contribution in [0.5, 0.6) is 0 Å². The fraction of sp³-hybridized carbons (Fsp3) is 0.364. The predicted molar refractivity (Wildman–Crippen MR) is 53.8 cm³/mol. The lowest BCUT2D eigenvalue weighted by Gasteiger charge is -2.18. The summed E-state index contributed by atoms with van der Waals surface area (Å²) < 4.78 is 0. The molecular formula is C11H13NO. The van der Waals surface area contributed by atoms with Gasteiger partial charge in [-0.1, -0.05) is 12.1 Å². The molecule has 1 aliphatic rings. The van der Waals surface area contributed by atoms with Gasteiger partial charge in [0.2, 0.25) is 0 Å². The smallest absolute Gasteiger partial charge is 0.0670 e. The van der Waals surface area contributed by atoms with E-state index in [4.69, 9.17) is 0 Å². The lowest BCUT2D eigenvalue weighted by Crippen LogP contribution is -2.25. The number of hydrogen-bond acceptors (Lipinski definition) is 2. The van der Waals surface area contributed by atoms with Crippen LogP contribution in [-0.4, -0.2) is 17.9 Å². The van der Waals surface area contributed by atoms with Crippen LogP contribution in [0.3, 0.4) is 0 Å². The monoisotopic (exact) mass is 175 g/mol. The van der Waals surface area contributed by atoms with E-state index in [9.17, 15) is 5.11 Å². The van der Waals surface area contributed by atoms with Crippen LogP contribution in [0.1, 0.15) is 18.1 Å². The van der Waals surface area contributed by atoms with Crippen LogP contribution in [0.2, 0.25) is 0 Å². The van der Waals surface area contributed by atoms with Crippen molar-refractivity contribution in [2.45, 2.75) is 19.3 Å². The van der Waals surface area contributed by atoms with Gasteiger partial charge in [0.15, 0.2) is 0 Å². The molecule has 0 saturated heterocycles. The number of rotatable bonds is 1. The van der Waals surface area contributed by atoms with Crippen LogP contribution in [-0.2, 0) is 5.41 Å². The summed E-state index contributed by atoms with van der Waals surface area (Å²) in [6, 6.07) is 6.15. The van der Waals surface area contributed by atoms with E-state index in [1.54, 1.807) is 0 Å². The van der Waals surface area contributed by atoms with Crippen molar-refractivity contribution in [2.75, 3.05) is 6.61 Å². The molecule has 1 unspecified atom stereocenters. The number of hydrogen-bond donors (Lipinski definition) is 1. The summed E-state index contributed by atoms with van der Waals surface area (Å²) in [4.78, 5) is 4.30. The average molecular weight is 175 g/mol. The molecule has 1 atom stereocenters. The maximum atomic E-state index is 9.25. The van der Waals surface area contributed by atoms with E-state index in [1.807, 2.05) is 32.2 Å². The minimum absolute atomic E-state index is 0.118. The summed E-state index contributed by atoms with van der Waals surface area (Å²) in [5.74, 6) is 0. The fourth-order valence-corrected chi connectivity index (χ4v) is 1.64. The summed E-state index contributed by atoms with van der Waals surface area (Å²) in [5.41, 5.74) is 3.05. The number of benzene rings is 1.